The third kappa shape index (κ3) is 4.90. The fourth-order valence-corrected chi connectivity index (χ4v) is 8.78. The summed E-state index contributed by atoms with van der Waals surface area (Å²) in [6.45, 7) is 7.38. The van der Waals surface area contributed by atoms with Gasteiger partial charge in [-0.25, -0.2) is 0 Å². The fraction of sp³-hybridized carbons (Fsp3) is 0.485. The van der Waals surface area contributed by atoms with Gasteiger partial charge in [-0.15, -0.1) is 11.3 Å². The summed E-state index contributed by atoms with van der Waals surface area (Å²) < 4.78 is 5.65. The van der Waals surface area contributed by atoms with Gasteiger partial charge in [0.2, 0.25) is 0 Å². The molecule has 2 N–H and O–H groups in total. The van der Waals surface area contributed by atoms with Crippen LogP contribution in [0.2, 0.25) is 0 Å². The van der Waals surface area contributed by atoms with Crippen LogP contribution in [-0.2, 0) is 11.2 Å². The number of nitrogens with zero attached hydrogens (tertiary/aromatic N) is 3. The molecule has 3 aliphatic heterocycles. The highest BCUT2D eigenvalue weighted by atomic mass is 32.1. The van der Waals surface area contributed by atoms with E-state index in [2.05, 4.69) is 35.8 Å². The molecular formula is C33H38N4O3S. The Morgan fingerprint density at radius 2 is 1.80 bits per heavy atom. The number of Topliss-reactive ketones (excluding diaryl/α,β-unsaturated/α-hetero) is 1. The van der Waals surface area contributed by atoms with Crippen LogP contribution < -0.4 is 10.6 Å². The molecule has 8 heteroatoms. The van der Waals surface area contributed by atoms with Crippen molar-refractivity contribution in [3.8, 4) is 22.4 Å². The van der Waals surface area contributed by atoms with E-state index in [0.29, 0.717) is 25.2 Å². The summed E-state index contributed by atoms with van der Waals surface area (Å²) >= 11 is 1.64. The predicted molar refractivity (Wildman–Crippen MR) is 163 cm³/mol. The number of benzene rings is 1. The van der Waals surface area contributed by atoms with Crippen LogP contribution in [0, 0.1) is 5.41 Å². The molecule has 0 saturated carbocycles. The Morgan fingerprint density at radius 3 is 2.56 bits per heavy atom. The highest BCUT2D eigenvalue weighted by Crippen LogP contribution is 2.50. The van der Waals surface area contributed by atoms with Gasteiger partial charge >= 0.3 is 0 Å². The number of nitrogens with two attached hydrogens (primary N) is 1. The van der Waals surface area contributed by atoms with Crippen LogP contribution in [0.5, 0.6) is 0 Å². The van der Waals surface area contributed by atoms with E-state index in [9.17, 15) is 9.59 Å². The van der Waals surface area contributed by atoms with Gasteiger partial charge in [0.25, 0.3) is 5.91 Å². The molecule has 4 aliphatic rings. The molecule has 3 fully saturated rings. The van der Waals surface area contributed by atoms with E-state index in [0.717, 1.165) is 83.0 Å². The van der Waals surface area contributed by atoms with E-state index in [4.69, 9.17) is 15.5 Å². The molecule has 1 unspecified atom stereocenters. The number of hydrogen-bond acceptors (Lipinski definition) is 7. The molecule has 3 atom stereocenters. The van der Waals surface area contributed by atoms with Gasteiger partial charge in [-0.05, 0) is 72.9 Å². The van der Waals surface area contributed by atoms with Crippen molar-refractivity contribution in [3.63, 3.8) is 0 Å². The van der Waals surface area contributed by atoms with Gasteiger partial charge in [-0.1, -0.05) is 26.0 Å². The van der Waals surface area contributed by atoms with Gasteiger partial charge in [0.05, 0.1) is 28.8 Å². The van der Waals surface area contributed by atoms with Gasteiger partial charge in [-0.3, -0.25) is 14.6 Å². The molecule has 7 rings (SSSR count). The lowest BCUT2D eigenvalue weighted by Crippen LogP contribution is -2.50. The average molecular weight is 571 g/mol. The number of ketones is 1. The summed E-state index contributed by atoms with van der Waals surface area (Å²) in [6, 6.07) is 12.8. The lowest BCUT2D eigenvalue weighted by Gasteiger charge is -2.37. The van der Waals surface area contributed by atoms with Crippen LogP contribution in [0.3, 0.4) is 0 Å². The van der Waals surface area contributed by atoms with Crippen LogP contribution in [0.4, 0.5) is 5.00 Å². The monoisotopic (exact) mass is 570 g/mol. The Morgan fingerprint density at radius 1 is 1.05 bits per heavy atom. The maximum Gasteiger partial charge on any atom is 0.254 e. The number of carbonyl (C=O) groups excluding carboxylic acids is 2. The first kappa shape index (κ1) is 26.8. The Labute approximate surface area is 245 Å². The second-order valence-corrected chi connectivity index (χ2v) is 14.0. The minimum absolute atomic E-state index is 0.0788. The summed E-state index contributed by atoms with van der Waals surface area (Å²) in [4.78, 5) is 37.1. The van der Waals surface area contributed by atoms with Crippen molar-refractivity contribution in [2.75, 3.05) is 31.2 Å². The summed E-state index contributed by atoms with van der Waals surface area (Å²) in [6.07, 6.45) is 7.17. The maximum absolute atomic E-state index is 13.7. The average Bonchev–Trinajstić information content (AvgIpc) is 3.47. The van der Waals surface area contributed by atoms with E-state index in [1.54, 1.807) is 11.3 Å². The molecule has 0 spiro atoms. The zero-order valence-corrected chi connectivity index (χ0v) is 24.7. The number of aromatic nitrogens is 1. The lowest BCUT2D eigenvalue weighted by atomic mass is 9.75. The normalized spacial score (nSPS) is 25.3. The van der Waals surface area contributed by atoms with E-state index in [1.807, 2.05) is 30.5 Å². The third-order valence-corrected chi connectivity index (χ3v) is 10.6. The molecule has 2 bridgehead atoms. The predicted octanol–water partition coefficient (Wildman–Crippen LogP) is 5.56. The first-order valence-electron chi connectivity index (χ1n) is 14.9. The first-order chi connectivity index (χ1) is 19.8. The second-order valence-electron chi connectivity index (χ2n) is 13.0. The number of fused-ring (bicyclic) bond motifs is 3. The standard InChI is InChI=1S/C33H38N4O3S/c1-33(2)18-26-29(32(36-10-12-40-13-11-36)41-30(26)28(38)19-33)21-8-9-35-27(15-21)20-4-3-5-22(14-20)31(39)37-24-6-7-25(37)17-23(34)16-24/h3-5,8-9,14-15,23-25H,6-7,10-13,16-19,34H2,1-2H3/t23?,24-,25+. The van der Waals surface area contributed by atoms with E-state index in [-0.39, 0.29) is 35.2 Å². The van der Waals surface area contributed by atoms with Crippen molar-refractivity contribution in [1.82, 2.24) is 9.88 Å². The minimum atomic E-state index is -0.0788. The van der Waals surface area contributed by atoms with Gasteiger partial charge in [0, 0.05) is 60.5 Å². The molecule has 1 aromatic carbocycles. The quantitative estimate of drug-likeness (QED) is 0.442. The topological polar surface area (TPSA) is 88.8 Å². The zero-order chi connectivity index (χ0) is 28.3. The zero-order valence-electron chi connectivity index (χ0n) is 23.9. The Balaban J connectivity index is 1.26. The van der Waals surface area contributed by atoms with Crippen LogP contribution in [0.1, 0.15) is 71.5 Å². The number of amides is 1. The molecule has 1 amide bonds. The van der Waals surface area contributed by atoms with Crippen molar-refractivity contribution in [2.24, 2.45) is 11.1 Å². The largest absolute Gasteiger partial charge is 0.378 e. The molecule has 3 saturated heterocycles. The molecule has 214 valence electrons. The number of piperidine rings is 1. The highest BCUT2D eigenvalue weighted by molar-refractivity contribution is 7.19. The van der Waals surface area contributed by atoms with Crippen molar-refractivity contribution >= 4 is 28.0 Å². The molecule has 2 aromatic heterocycles. The molecular weight excluding hydrogens is 532 g/mol. The maximum atomic E-state index is 13.7. The number of anilines is 1. The molecule has 1 aliphatic carbocycles. The van der Waals surface area contributed by atoms with Crippen molar-refractivity contribution < 1.29 is 14.3 Å². The van der Waals surface area contributed by atoms with Crippen LogP contribution in [0.25, 0.3) is 22.4 Å². The number of ether oxygens (including phenoxy) is 1. The van der Waals surface area contributed by atoms with Gasteiger partial charge in [0.15, 0.2) is 5.78 Å². The fourth-order valence-electron chi connectivity index (χ4n) is 7.44. The second kappa shape index (κ2) is 10.3. The number of rotatable bonds is 4. The van der Waals surface area contributed by atoms with Gasteiger partial charge in [-0.2, -0.15) is 0 Å². The number of thiophene rings is 1. The number of hydrogen-bond donors (Lipinski definition) is 1. The van der Waals surface area contributed by atoms with Crippen LogP contribution in [0.15, 0.2) is 42.6 Å². The lowest BCUT2D eigenvalue weighted by molar-refractivity contribution is 0.0575. The van der Waals surface area contributed by atoms with Crippen molar-refractivity contribution in [2.45, 2.75) is 70.5 Å². The van der Waals surface area contributed by atoms with Gasteiger partial charge in [0.1, 0.15) is 0 Å². The molecule has 0 radical (unpaired) electrons. The Bertz CT molecular complexity index is 1490. The highest BCUT2D eigenvalue weighted by Gasteiger charge is 2.42. The summed E-state index contributed by atoms with van der Waals surface area (Å²) in [5.41, 5.74) is 12.0. The van der Waals surface area contributed by atoms with Crippen molar-refractivity contribution in [3.05, 3.63) is 58.6 Å². The molecule has 5 heterocycles. The SMILES string of the molecule is CC1(C)CC(=O)c2sc(N3CCOCC3)c(-c3ccnc(-c4cccc(C(=O)N5[C@@H]6CC[C@H]5CC(N)C6)c4)c3)c2C1. The van der Waals surface area contributed by atoms with Crippen LogP contribution >= 0.6 is 11.3 Å². The minimum Gasteiger partial charge on any atom is -0.378 e. The number of carbonyl (C=O) groups is 2. The molecule has 41 heavy (non-hydrogen) atoms. The van der Waals surface area contributed by atoms with E-state index >= 15 is 0 Å². The van der Waals surface area contributed by atoms with Crippen molar-refractivity contribution in [1.29, 1.82) is 0 Å². The van der Waals surface area contributed by atoms with Crippen LogP contribution in [-0.4, -0.2) is 66.0 Å². The molecule has 7 nitrogen and oxygen atoms in total. The van der Waals surface area contributed by atoms with E-state index < -0.39 is 0 Å². The van der Waals surface area contributed by atoms with E-state index in [1.165, 1.54) is 0 Å². The third-order valence-electron chi connectivity index (χ3n) is 9.29. The number of pyridine rings is 1. The number of morpholine rings is 1. The summed E-state index contributed by atoms with van der Waals surface area (Å²) in [5, 5.41) is 1.16. The summed E-state index contributed by atoms with van der Waals surface area (Å²) in [5.74, 6) is 0.347. The summed E-state index contributed by atoms with van der Waals surface area (Å²) in [7, 11) is 0. The molecule has 3 aromatic rings. The smallest absolute Gasteiger partial charge is 0.254 e. The van der Waals surface area contributed by atoms with Gasteiger partial charge < -0.3 is 20.3 Å². The Hall–Kier alpha value is -3.07. The first-order valence-corrected chi connectivity index (χ1v) is 15.8. The Kier molecular flexibility index (Phi) is 6.75.